The largest absolute Gasteiger partial charge is 0.351 e. The Bertz CT molecular complexity index is 541. The minimum atomic E-state index is -0.0531. The predicted octanol–water partition coefficient (Wildman–Crippen LogP) is 3.15. The fourth-order valence-corrected chi connectivity index (χ4v) is 2.43. The van der Waals surface area contributed by atoms with Crippen molar-refractivity contribution in [1.29, 1.82) is 0 Å². The zero-order valence-corrected chi connectivity index (χ0v) is 11.0. The molecule has 2 aromatic carbocycles. The number of hydrogen-bond acceptors (Lipinski definition) is 3. The number of anilines is 1. The smallest absolute Gasteiger partial charge is 0.158 e. The maximum absolute atomic E-state index is 5.98. The summed E-state index contributed by atoms with van der Waals surface area (Å²) in [7, 11) is 1.68. The molecular formula is C16H17NO2. The topological polar surface area (TPSA) is 21.7 Å². The summed E-state index contributed by atoms with van der Waals surface area (Å²) in [6, 6.07) is 18.4. The SMILES string of the molecule is CON1c2ccccc2CC1OCc1ccccc1. The molecule has 0 saturated carbocycles. The molecule has 1 aliphatic heterocycles. The lowest BCUT2D eigenvalue weighted by atomic mass is 10.2. The first kappa shape index (κ1) is 12.2. The summed E-state index contributed by atoms with van der Waals surface area (Å²) in [5.41, 5.74) is 3.54. The second-order valence-corrected chi connectivity index (χ2v) is 4.59. The van der Waals surface area contributed by atoms with Crippen LogP contribution in [0.15, 0.2) is 54.6 Å². The average Bonchev–Trinajstić information content (AvgIpc) is 2.83. The normalized spacial score (nSPS) is 17.5. The molecule has 1 atom stereocenters. The molecule has 0 fully saturated rings. The van der Waals surface area contributed by atoms with Gasteiger partial charge in [0.05, 0.1) is 19.4 Å². The van der Waals surface area contributed by atoms with E-state index in [1.54, 1.807) is 7.11 Å². The van der Waals surface area contributed by atoms with E-state index in [-0.39, 0.29) is 6.23 Å². The van der Waals surface area contributed by atoms with Gasteiger partial charge in [-0.3, -0.25) is 4.84 Å². The van der Waals surface area contributed by atoms with E-state index in [0.29, 0.717) is 6.61 Å². The van der Waals surface area contributed by atoms with Gasteiger partial charge in [0.25, 0.3) is 0 Å². The second kappa shape index (κ2) is 5.43. The predicted molar refractivity (Wildman–Crippen MR) is 74.7 cm³/mol. The molecule has 0 bridgehead atoms. The van der Waals surface area contributed by atoms with Crippen molar-refractivity contribution >= 4 is 5.69 Å². The first-order chi connectivity index (χ1) is 9.38. The van der Waals surface area contributed by atoms with Crippen LogP contribution in [0.2, 0.25) is 0 Å². The molecule has 0 aliphatic carbocycles. The molecule has 19 heavy (non-hydrogen) atoms. The maximum Gasteiger partial charge on any atom is 0.158 e. The third-order valence-electron chi connectivity index (χ3n) is 3.37. The van der Waals surface area contributed by atoms with Crippen LogP contribution in [0.1, 0.15) is 11.1 Å². The van der Waals surface area contributed by atoms with Crippen molar-refractivity contribution in [2.24, 2.45) is 0 Å². The molecule has 0 radical (unpaired) electrons. The van der Waals surface area contributed by atoms with Crippen molar-refractivity contribution in [2.75, 3.05) is 12.2 Å². The summed E-state index contributed by atoms with van der Waals surface area (Å²) >= 11 is 0. The molecule has 3 rings (SSSR count). The number of rotatable bonds is 4. The van der Waals surface area contributed by atoms with Crippen LogP contribution in [0.3, 0.4) is 0 Å². The van der Waals surface area contributed by atoms with Gasteiger partial charge in [-0.2, -0.15) is 0 Å². The Morgan fingerprint density at radius 1 is 1.05 bits per heavy atom. The van der Waals surface area contributed by atoms with E-state index >= 15 is 0 Å². The number of nitrogens with zero attached hydrogens (tertiary/aromatic N) is 1. The van der Waals surface area contributed by atoms with Gasteiger partial charge in [-0.1, -0.05) is 48.5 Å². The van der Waals surface area contributed by atoms with Crippen LogP contribution in [-0.2, 0) is 22.6 Å². The minimum absolute atomic E-state index is 0.0531. The van der Waals surface area contributed by atoms with E-state index in [0.717, 1.165) is 12.1 Å². The lowest BCUT2D eigenvalue weighted by molar-refractivity contribution is -0.0224. The van der Waals surface area contributed by atoms with E-state index in [4.69, 9.17) is 9.57 Å². The fraction of sp³-hybridized carbons (Fsp3) is 0.250. The molecule has 3 heteroatoms. The molecule has 1 heterocycles. The monoisotopic (exact) mass is 255 g/mol. The quantitative estimate of drug-likeness (QED) is 0.837. The third kappa shape index (κ3) is 2.48. The van der Waals surface area contributed by atoms with E-state index in [1.807, 2.05) is 35.4 Å². The van der Waals surface area contributed by atoms with Gasteiger partial charge in [-0.05, 0) is 17.2 Å². The van der Waals surface area contributed by atoms with Crippen LogP contribution >= 0.6 is 0 Å². The van der Waals surface area contributed by atoms with Crippen molar-refractivity contribution < 1.29 is 9.57 Å². The second-order valence-electron chi connectivity index (χ2n) is 4.59. The summed E-state index contributed by atoms with van der Waals surface area (Å²) in [6.45, 7) is 0.597. The first-order valence-corrected chi connectivity index (χ1v) is 6.45. The van der Waals surface area contributed by atoms with E-state index < -0.39 is 0 Å². The summed E-state index contributed by atoms with van der Waals surface area (Å²) in [5.74, 6) is 0. The van der Waals surface area contributed by atoms with Gasteiger partial charge in [-0.25, -0.2) is 5.06 Å². The zero-order chi connectivity index (χ0) is 13.1. The number of para-hydroxylation sites is 1. The molecule has 0 N–H and O–H groups in total. The Balaban J connectivity index is 1.70. The maximum atomic E-state index is 5.98. The summed E-state index contributed by atoms with van der Waals surface area (Å²) < 4.78 is 5.98. The third-order valence-corrected chi connectivity index (χ3v) is 3.37. The fourth-order valence-electron chi connectivity index (χ4n) is 2.43. The lowest BCUT2D eigenvalue weighted by Gasteiger charge is -2.24. The highest BCUT2D eigenvalue weighted by molar-refractivity contribution is 5.56. The van der Waals surface area contributed by atoms with Crippen LogP contribution < -0.4 is 5.06 Å². The van der Waals surface area contributed by atoms with E-state index in [1.165, 1.54) is 11.1 Å². The number of ether oxygens (including phenoxy) is 1. The Morgan fingerprint density at radius 3 is 2.58 bits per heavy atom. The summed E-state index contributed by atoms with van der Waals surface area (Å²) in [6.07, 6.45) is 0.805. The van der Waals surface area contributed by atoms with Gasteiger partial charge in [0.15, 0.2) is 6.23 Å². The van der Waals surface area contributed by atoms with Crippen LogP contribution in [-0.4, -0.2) is 13.3 Å². The molecule has 3 nitrogen and oxygen atoms in total. The molecule has 0 amide bonds. The van der Waals surface area contributed by atoms with Gasteiger partial charge in [0.2, 0.25) is 0 Å². The molecule has 0 aromatic heterocycles. The molecule has 2 aromatic rings. The summed E-state index contributed by atoms with van der Waals surface area (Å²) in [5, 5.41) is 1.85. The highest BCUT2D eigenvalue weighted by atomic mass is 16.7. The number of hydrogen-bond donors (Lipinski definition) is 0. The van der Waals surface area contributed by atoms with Gasteiger partial charge < -0.3 is 4.74 Å². The van der Waals surface area contributed by atoms with Crippen LogP contribution in [0, 0.1) is 0 Å². The summed E-state index contributed by atoms with van der Waals surface area (Å²) in [4.78, 5) is 5.45. The minimum Gasteiger partial charge on any atom is -0.351 e. The number of fused-ring (bicyclic) bond motifs is 1. The molecule has 0 spiro atoms. The Labute approximate surface area is 113 Å². The molecule has 0 saturated heterocycles. The molecular weight excluding hydrogens is 238 g/mol. The van der Waals surface area contributed by atoms with Crippen LogP contribution in [0.4, 0.5) is 5.69 Å². The van der Waals surface area contributed by atoms with Crippen molar-refractivity contribution in [2.45, 2.75) is 19.3 Å². The van der Waals surface area contributed by atoms with Crippen molar-refractivity contribution in [3.8, 4) is 0 Å². The Kier molecular flexibility index (Phi) is 3.49. The highest BCUT2D eigenvalue weighted by Crippen LogP contribution is 2.32. The van der Waals surface area contributed by atoms with Gasteiger partial charge in [0.1, 0.15) is 0 Å². The zero-order valence-electron chi connectivity index (χ0n) is 11.0. The Morgan fingerprint density at radius 2 is 1.79 bits per heavy atom. The lowest BCUT2D eigenvalue weighted by Crippen LogP contribution is -2.33. The van der Waals surface area contributed by atoms with E-state index in [2.05, 4.69) is 24.3 Å². The Hall–Kier alpha value is -1.84. The van der Waals surface area contributed by atoms with Crippen molar-refractivity contribution in [3.63, 3.8) is 0 Å². The van der Waals surface area contributed by atoms with E-state index in [9.17, 15) is 0 Å². The number of benzene rings is 2. The van der Waals surface area contributed by atoms with Crippen LogP contribution in [0.25, 0.3) is 0 Å². The standard InChI is InChI=1S/C16H17NO2/c1-18-17-15-10-6-5-9-14(15)11-16(17)19-12-13-7-3-2-4-8-13/h2-10,16H,11-12H2,1H3. The van der Waals surface area contributed by atoms with Gasteiger partial charge >= 0.3 is 0 Å². The molecule has 1 unspecified atom stereocenters. The first-order valence-electron chi connectivity index (χ1n) is 6.45. The number of hydroxylamine groups is 1. The molecule has 1 aliphatic rings. The molecule has 98 valence electrons. The van der Waals surface area contributed by atoms with Gasteiger partial charge in [-0.15, -0.1) is 0 Å². The van der Waals surface area contributed by atoms with Crippen molar-refractivity contribution in [3.05, 3.63) is 65.7 Å². The average molecular weight is 255 g/mol. The van der Waals surface area contributed by atoms with Crippen LogP contribution in [0.5, 0.6) is 0 Å². The van der Waals surface area contributed by atoms with Crippen molar-refractivity contribution in [1.82, 2.24) is 0 Å². The van der Waals surface area contributed by atoms with Gasteiger partial charge in [0, 0.05) is 6.42 Å². The highest BCUT2D eigenvalue weighted by Gasteiger charge is 2.29.